The van der Waals surface area contributed by atoms with Gasteiger partial charge in [0.05, 0.1) is 12.2 Å². The lowest BCUT2D eigenvalue weighted by Crippen LogP contribution is -2.30. The van der Waals surface area contributed by atoms with Gasteiger partial charge >= 0.3 is 5.97 Å². The lowest BCUT2D eigenvalue weighted by molar-refractivity contribution is 0.0534. The second-order valence-electron chi connectivity index (χ2n) is 5.08. The van der Waals surface area contributed by atoms with Gasteiger partial charge in [-0.3, -0.25) is 10.2 Å². The van der Waals surface area contributed by atoms with Gasteiger partial charge in [-0.1, -0.05) is 23.3 Å². The highest BCUT2D eigenvalue weighted by Gasteiger charge is 2.20. The highest BCUT2D eigenvalue weighted by Crippen LogP contribution is 2.23. The van der Waals surface area contributed by atoms with Crippen LogP contribution >= 0.6 is 0 Å². The van der Waals surface area contributed by atoms with Crippen molar-refractivity contribution in [2.75, 3.05) is 0 Å². The number of carbonyl (C=O) groups is 2. The first-order valence-corrected chi connectivity index (χ1v) is 7.29. The summed E-state index contributed by atoms with van der Waals surface area (Å²) < 4.78 is 4.73. The molecule has 0 saturated heterocycles. The van der Waals surface area contributed by atoms with Gasteiger partial charge in [0.15, 0.2) is 0 Å². The molecule has 1 heterocycles. The Hall–Kier alpha value is -3.59. The number of amides is 1. The van der Waals surface area contributed by atoms with Crippen LogP contribution in [0.1, 0.15) is 31.8 Å². The third-order valence-corrected chi connectivity index (χ3v) is 3.47. The van der Waals surface area contributed by atoms with Crippen LogP contribution in [0.4, 0.5) is 5.69 Å². The van der Waals surface area contributed by atoms with Crippen LogP contribution in [0.5, 0.6) is 5.75 Å². The monoisotopic (exact) mass is 357 g/mol. The highest BCUT2D eigenvalue weighted by atomic mass is 16.5. The van der Waals surface area contributed by atoms with Crippen LogP contribution in [0.15, 0.2) is 41.5 Å². The average molecular weight is 357 g/mol. The number of aliphatic hydroxyl groups is 1. The number of nitrogens with zero attached hydrogens (tertiary/aromatic N) is 3. The zero-order valence-corrected chi connectivity index (χ0v) is 13.4. The molecule has 1 aliphatic heterocycles. The summed E-state index contributed by atoms with van der Waals surface area (Å²) in [6.45, 7) is 0.0355. The molecule has 0 spiro atoms. The standard InChI is InChI=1S/C8H9N5O2.C8H6O3/c9-11-8(15)7-3-6(12-13-10)2-1-5(7)4-14;9-6-2-1-5-4-11-8(10)7(5)3-6/h1-3,14H,4,9H2,(H,11,15);1-3,9H,4H2. The van der Waals surface area contributed by atoms with Crippen molar-refractivity contribution in [3.8, 4) is 5.75 Å². The van der Waals surface area contributed by atoms with Gasteiger partial charge in [-0.15, -0.1) is 0 Å². The number of aromatic hydroxyl groups is 1. The Morgan fingerprint density at radius 1 is 1.35 bits per heavy atom. The maximum Gasteiger partial charge on any atom is 0.339 e. The van der Waals surface area contributed by atoms with Crippen LogP contribution in [0.2, 0.25) is 0 Å². The summed E-state index contributed by atoms with van der Waals surface area (Å²) in [4.78, 5) is 24.7. The molecule has 134 valence electrons. The summed E-state index contributed by atoms with van der Waals surface area (Å²) in [7, 11) is 0. The van der Waals surface area contributed by atoms with E-state index < -0.39 is 5.91 Å². The van der Waals surface area contributed by atoms with Crippen LogP contribution in [0, 0.1) is 0 Å². The minimum atomic E-state index is -0.547. The number of esters is 1. The van der Waals surface area contributed by atoms with Gasteiger partial charge in [0.2, 0.25) is 0 Å². The van der Waals surface area contributed by atoms with Gasteiger partial charge in [0.25, 0.3) is 5.91 Å². The minimum Gasteiger partial charge on any atom is -0.508 e. The number of phenols is 1. The van der Waals surface area contributed by atoms with E-state index >= 15 is 0 Å². The molecule has 0 saturated carbocycles. The fourth-order valence-corrected chi connectivity index (χ4v) is 2.21. The molecule has 26 heavy (non-hydrogen) atoms. The maximum absolute atomic E-state index is 11.3. The van der Waals surface area contributed by atoms with Crippen molar-refractivity contribution in [2.45, 2.75) is 13.2 Å². The number of nitrogens with one attached hydrogen (secondary N) is 1. The molecule has 10 heteroatoms. The number of benzene rings is 2. The summed E-state index contributed by atoms with van der Waals surface area (Å²) in [6, 6.07) is 9.00. The number of phenolic OH excluding ortho intramolecular Hbond substituents is 1. The second kappa shape index (κ2) is 8.49. The van der Waals surface area contributed by atoms with Crippen molar-refractivity contribution in [1.29, 1.82) is 0 Å². The number of hydrogen-bond acceptors (Lipinski definition) is 7. The number of azide groups is 1. The topological polar surface area (TPSA) is 171 Å². The van der Waals surface area contributed by atoms with Crippen LogP contribution < -0.4 is 11.3 Å². The number of cyclic esters (lactones) is 1. The molecule has 0 aromatic heterocycles. The fourth-order valence-electron chi connectivity index (χ4n) is 2.21. The molecule has 0 radical (unpaired) electrons. The van der Waals surface area contributed by atoms with E-state index in [-0.39, 0.29) is 29.6 Å². The van der Waals surface area contributed by atoms with Crippen molar-refractivity contribution in [3.63, 3.8) is 0 Å². The van der Waals surface area contributed by atoms with Crippen molar-refractivity contribution >= 4 is 17.6 Å². The Morgan fingerprint density at radius 2 is 2.12 bits per heavy atom. The number of aliphatic hydroxyl groups excluding tert-OH is 1. The van der Waals surface area contributed by atoms with Gasteiger partial charge in [0, 0.05) is 21.7 Å². The lowest BCUT2D eigenvalue weighted by Gasteiger charge is -2.06. The summed E-state index contributed by atoms with van der Waals surface area (Å²) in [5.74, 6) is 4.17. The summed E-state index contributed by atoms with van der Waals surface area (Å²) in [5, 5.41) is 21.3. The summed E-state index contributed by atoms with van der Waals surface area (Å²) in [6.07, 6.45) is 0. The van der Waals surface area contributed by atoms with Crippen molar-refractivity contribution < 1.29 is 24.5 Å². The number of hydrogen-bond donors (Lipinski definition) is 4. The molecule has 0 bridgehead atoms. The highest BCUT2D eigenvalue weighted by molar-refractivity contribution is 5.96. The molecular formula is C16H15N5O5. The normalized spacial score (nSPS) is 11.4. The zero-order valence-electron chi connectivity index (χ0n) is 13.4. The molecule has 5 N–H and O–H groups in total. The summed E-state index contributed by atoms with van der Waals surface area (Å²) in [5.41, 5.74) is 12.4. The maximum atomic E-state index is 11.3. The van der Waals surface area contributed by atoms with Crippen molar-refractivity contribution in [1.82, 2.24) is 5.43 Å². The number of hydrazine groups is 1. The third kappa shape index (κ3) is 4.28. The predicted molar refractivity (Wildman–Crippen MR) is 90.1 cm³/mol. The zero-order chi connectivity index (χ0) is 19.1. The Balaban J connectivity index is 0.000000195. The number of ether oxygens (including phenoxy) is 1. The molecule has 0 aliphatic carbocycles. The first kappa shape index (κ1) is 18.7. The van der Waals surface area contributed by atoms with E-state index in [0.29, 0.717) is 17.7 Å². The minimum absolute atomic E-state index is 0.0996. The third-order valence-electron chi connectivity index (χ3n) is 3.47. The van der Waals surface area contributed by atoms with Gasteiger partial charge in [-0.25, -0.2) is 10.6 Å². The lowest BCUT2D eigenvalue weighted by atomic mass is 10.1. The molecule has 2 aromatic carbocycles. The van der Waals surface area contributed by atoms with Crippen LogP contribution in [0.25, 0.3) is 10.4 Å². The second-order valence-corrected chi connectivity index (χ2v) is 5.08. The molecule has 1 amide bonds. The Labute approximate surface area is 147 Å². The quantitative estimate of drug-likeness (QED) is 0.124. The van der Waals surface area contributed by atoms with E-state index in [2.05, 4.69) is 10.0 Å². The molecule has 10 nitrogen and oxygen atoms in total. The van der Waals surface area contributed by atoms with E-state index in [1.807, 2.05) is 5.43 Å². The van der Waals surface area contributed by atoms with Gasteiger partial charge in [-0.2, -0.15) is 0 Å². The van der Waals surface area contributed by atoms with E-state index in [4.69, 9.17) is 26.3 Å². The average Bonchev–Trinajstić information content (AvgIpc) is 3.02. The molecule has 0 fully saturated rings. The number of nitrogen functional groups attached to an aromatic ring is 1. The predicted octanol–water partition coefficient (Wildman–Crippen LogP) is 1.79. The largest absolute Gasteiger partial charge is 0.508 e. The number of nitrogens with two attached hydrogens (primary N) is 1. The Bertz CT molecular complexity index is 893. The van der Waals surface area contributed by atoms with Gasteiger partial charge in [0.1, 0.15) is 12.4 Å². The van der Waals surface area contributed by atoms with E-state index in [0.717, 1.165) is 5.56 Å². The summed E-state index contributed by atoms with van der Waals surface area (Å²) >= 11 is 0. The smallest absolute Gasteiger partial charge is 0.339 e. The van der Waals surface area contributed by atoms with E-state index in [1.165, 1.54) is 24.3 Å². The molecule has 3 rings (SSSR count). The van der Waals surface area contributed by atoms with Crippen LogP contribution in [-0.4, -0.2) is 22.1 Å². The van der Waals surface area contributed by atoms with Gasteiger partial charge < -0.3 is 14.9 Å². The molecule has 1 aliphatic rings. The van der Waals surface area contributed by atoms with E-state index in [9.17, 15) is 9.59 Å². The van der Waals surface area contributed by atoms with E-state index in [1.54, 1.807) is 12.1 Å². The van der Waals surface area contributed by atoms with Gasteiger partial charge in [-0.05, 0) is 29.3 Å². The van der Waals surface area contributed by atoms with Crippen molar-refractivity contribution in [3.05, 3.63) is 69.1 Å². The molecule has 0 atom stereocenters. The van der Waals surface area contributed by atoms with Crippen LogP contribution in [0.3, 0.4) is 0 Å². The first-order valence-electron chi connectivity index (χ1n) is 7.29. The fraction of sp³-hybridized carbons (Fsp3) is 0.125. The first-order chi connectivity index (χ1) is 12.5. The van der Waals surface area contributed by atoms with Crippen molar-refractivity contribution in [2.24, 2.45) is 11.0 Å². The van der Waals surface area contributed by atoms with Crippen LogP contribution in [-0.2, 0) is 18.0 Å². The molecule has 0 unspecified atom stereocenters. The Morgan fingerprint density at radius 3 is 2.77 bits per heavy atom. The Kier molecular flexibility index (Phi) is 6.12. The number of fused-ring (bicyclic) bond motifs is 1. The molecule has 2 aromatic rings. The molecular weight excluding hydrogens is 342 g/mol. The SMILES string of the molecule is O=C1OCc2ccc(O)cc21.[N-]=[N+]=Nc1ccc(CO)c(C(=O)NN)c1. The number of rotatable bonds is 3. The number of carbonyl (C=O) groups excluding carboxylic acids is 2.